The molecule has 11 heteroatoms. The van der Waals surface area contributed by atoms with E-state index in [2.05, 4.69) is 14.9 Å². The van der Waals surface area contributed by atoms with E-state index >= 15 is 0 Å². The zero-order valence-electron chi connectivity index (χ0n) is 10.6. The van der Waals surface area contributed by atoms with Gasteiger partial charge in [-0.05, 0) is 12.1 Å². The zero-order valence-corrected chi connectivity index (χ0v) is 11.4. The number of aromatic nitrogens is 2. The van der Waals surface area contributed by atoms with Gasteiger partial charge < -0.3 is 10.3 Å². The van der Waals surface area contributed by atoms with E-state index in [0.717, 1.165) is 12.1 Å². The van der Waals surface area contributed by atoms with Crippen LogP contribution in [-0.2, 0) is 16.4 Å². The smallest absolute Gasteiger partial charge is 0.291 e. The molecule has 1 heterocycles. The van der Waals surface area contributed by atoms with Crippen LogP contribution in [-0.4, -0.2) is 30.0 Å². The molecule has 0 aliphatic carbocycles. The van der Waals surface area contributed by atoms with Crippen molar-refractivity contribution in [2.75, 3.05) is 12.3 Å². The molecule has 0 saturated heterocycles. The molecule has 3 N–H and O–H groups in total. The van der Waals surface area contributed by atoms with Gasteiger partial charge in [-0.2, -0.15) is 4.98 Å². The van der Waals surface area contributed by atoms with E-state index < -0.39 is 25.5 Å². The molecule has 1 aromatic heterocycles. The number of nitrogens with two attached hydrogens (primary N) is 1. The van der Waals surface area contributed by atoms with Gasteiger partial charge in [-0.15, -0.1) is 0 Å². The molecule has 0 amide bonds. The Morgan fingerprint density at radius 1 is 1.43 bits per heavy atom. The van der Waals surface area contributed by atoms with Crippen LogP contribution in [0.25, 0.3) is 0 Å². The average molecular weight is 313 g/mol. The van der Waals surface area contributed by atoms with Crippen LogP contribution in [0, 0.1) is 10.1 Å². The maximum Gasteiger partial charge on any atom is 0.291 e. The fraction of sp³-hybridized carbons (Fsp3) is 0.200. The molecule has 10 nitrogen and oxygen atoms in total. The van der Waals surface area contributed by atoms with E-state index in [4.69, 9.17) is 10.3 Å². The maximum absolute atomic E-state index is 12.1. The summed E-state index contributed by atoms with van der Waals surface area (Å²) in [5.41, 5.74) is 4.95. The lowest BCUT2D eigenvalue weighted by molar-refractivity contribution is -0.387. The van der Waals surface area contributed by atoms with Gasteiger partial charge in [-0.25, -0.2) is 13.1 Å². The van der Waals surface area contributed by atoms with E-state index in [9.17, 15) is 18.5 Å². The molecule has 1 aromatic carbocycles. The van der Waals surface area contributed by atoms with Gasteiger partial charge in [0.05, 0.1) is 4.92 Å². The van der Waals surface area contributed by atoms with E-state index in [-0.39, 0.29) is 24.5 Å². The van der Waals surface area contributed by atoms with Gasteiger partial charge in [-0.3, -0.25) is 10.1 Å². The number of hydrogen-bond donors (Lipinski definition) is 2. The molecule has 21 heavy (non-hydrogen) atoms. The average Bonchev–Trinajstić information content (AvgIpc) is 2.91. The van der Waals surface area contributed by atoms with Crippen molar-refractivity contribution in [1.29, 1.82) is 0 Å². The third-order valence-electron chi connectivity index (χ3n) is 2.51. The van der Waals surface area contributed by atoms with Crippen LogP contribution in [0.4, 0.5) is 11.4 Å². The molecular weight excluding hydrogens is 302 g/mol. The highest BCUT2D eigenvalue weighted by Crippen LogP contribution is 2.25. The van der Waals surface area contributed by atoms with Crippen LogP contribution in [0.15, 0.2) is 33.9 Å². The summed E-state index contributed by atoms with van der Waals surface area (Å²) in [6.45, 7) is -0.0357. The number of nitro groups is 1. The molecule has 0 spiro atoms. The van der Waals surface area contributed by atoms with Crippen LogP contribution in [0.5, 0.6) is 0 Å². The van der Waals surface area contributed by atoms with Crippen molar-refractivity contribution in [2.45, 2.75) is 11.3 Å². The highest BCUT2D eigenvalue weighted by Gasteiger charge is 2.25. The van der Waals surface area contributed by atoms with Gasteiger partial charge in [0.2, 0.25) is 15.9 Å². The minimum atomic E-state index is -4.04. The van der Waals surface area contributed by atoms with Crippen LogP contribution in [0.2, 0.25) is 0 Å². The number of nitrogen functional groups attached to an aromatic ring is 1. The lowest BCUT2D eigenvalue weighted by atomic mass is 10.3. The molecule has 0 unspecified atom stereocenters. The van der Waals surface area contributed by atoms with Crippen molar-refractivity contribution in [2.24, 2.45) is 0 Å². The number of sulfonamides is 1. The van der Waals surface area contributed by atoms with Gasteiger partial charge in [0.15, 0.2) is 11.2 Å². The van der Waals surface area contributed by atoms with E-state index in [1.54, 1.807) is 0 Å². The third-order valence-corrected chi connectivity index (χ3v) is 4.02. The Morgan fingerprint density at radius 2 is 2.19 bits per heavy atom. The number of rotatable bonds is 6. The molecule has 0 radical (unpaired) electrons. The second kappa shape index (κ2) is 5.85. The van der Waals surface area contributed by atoms with E-state index in [1.807, 2.05) is 0 Å². The summed E-state index contributed by atoms with van der Waals surface area (Å²) < 4.78 is 31.1. The molecule has 0 atom stereocenters. The molecule has 0 aliphatic heterocycles. The number of nitrogens with one attached hydrogen (secondary N) is 1. The summed E-state index contributed by atoms with van der Waals surface area (Å²) in [5.74, 6) is 0.254. The van der Waals surface area contributed by atoms with Crippen LogP contribution in [0.3, 0.4) is 0 Å². The quantitative estimate of drug-likeness (QED) is 0.431. The maximum atomic E-state index is 12.1. The van der Waals surface area contributed by atoms with Crippen LogP contribution >= 0.6 is 0 Å². The highest BCUT2D eigenvalue weighted by atomic mass is 32.2. The minimum Gasteiger partial charge on any atom is -0.399 e. The highest BCUT2D eigenvalue weighted by molar-refractivity contribution is 7.89. The molecule has 0 bridgehead atoms. The van der Waals surface area contributed by atoms with Crippen molar-refractivity contribution < 1.29 is 17.9 Å². The number of benzene rings is 1. The van der Waals surface area contributed by atoms with Crippen molar-refractivity contribution >= 4 is 21.4 Å². The Hall–Kier alpha value is -2.53. The topological polar surface area (TPSA) is 154 Å². The van der Waals surface area contributed by atoms with Crippen molar-refractivity contribution in [3.8, 4) is 0 Å². The Morgan fingerprint density at radius 3 is 2.81 bits per heavy atom. The largest absolute Gasteiger partial charge is 0.399 e. The molecule has 2 rings (SSSR count). The van der Waals surface area contributed by atoms with Gasteiger partial charge in [0.25, 0.3) is 5.69 Å². The van der Waals surface area contributed by atoms with Gasteiger partial charge in [-0.1, -0.05) is 5.16 Å². The predicted molar refractivity (Wildman–Crippen MR) is 70.7 cm³/mol. The first kappa shape index (κ1) is 14.9. The second-order valence-corrected chi connectivity index (χ2v) is 5.70. The summed E-state index contributed by atoms with van der Waals surface area (Å²) in [7, 11) is -4.04. The number of hydrogen-bond acceptors (Lipinski definition) is 8. The Labute approximate surface area is 119 Å². The number of nitrogens with zero attached hydrogens (tertiary/aromatic N) is 3. The first-order valence-electron chi connectivity index (χ1n) is 5.69. The molecule has 0 fully saturated rings. The first-order valence-corrected chi connectivity index (χ1v) is 7.17. The van der Waals surface area contributed by atoms with Crippen molar-refractivity contribution in [3.63, 3.8) is 0 Å². The Balaban J connectivity index is 2.17. The fourth-order valence-electron chi connectivity index (χ4n) is 1.58. The summed E-state index contributed by atoms with van der Waals surface area (Å²) in [6.07, 6.45) is 1.36. The monoisotopic (exact) mass is 313 g/mol. The Bertz CT molecular complexity index is 743. The molecule has 0 aliphatic rings. The number of nitro benzene ring substituents is 1. The molecular formula is C10H11N5O5S. The Kier molecular flexibility index (Phi) is 4.14. The van der Waals surface area contributed by atoms with Crippen LogP contribution < -0.4 is 10.5 Å². The summed E-state index contributed by atoms with van der Waals surface area (Å²) in [4.78, 5) is 13.4. The SMILES string of the molecule is Nc1ccc(S(=O)(=O)NCCc2ncno2)c([N+](=O)[O-])c1. The summed E-state index contributed by atoms with van der Waals surface area (Å²) in [5, 5.41) is 14.3. The van der Waals surface area contributed by atoms with Crippen molar-refractivity contribution in [1.82, 2.24) is 14.9 Å². The van der Waals surface area contributed by atoms with E-state index in [1.165, 1.54) is 12.4 Å². The standard InChI is InChI=1S/C10H11N5O5S/c11-7-1-2-9(8(5-7)15(16)17)21(18,19)14-4-3-10-12-6-13-20-10/h1-2,5-6,14H,3-4,11H2. The lowest BCUT2D eigenvalue weighted by Crippen LogP contribution is -2.26. The fourth-order valence-corrected chi connectivity index (χ4v) is 2.76. The zero-order chi connectivity index (χ0) is 15.5. The normalized spacial score (nSPS) is 11.4. The lowest BCUT2D eigenvalue weighted by Gasteiger charge is -2.06. The minimum absolute atomic E-state index is 0.0357. The second-order valence-electron chi connectivity index (χ2n) is 3.97. The number of anilines is 1. The molecule has 112 valence electrons. The summed E-state index contributed by atoms with van der Waals surface area (Å²) in [6, 6.07) is 3.36. The van der Waals surface area contributed by atoms with Crippen LogP contribution in [0.1, 0.15) is 5.89 Å². The summed E-state index contributed by atoms with van der Waals surface area (Å²) >= 11 is 0. The first-order chi connectivity index (χ1) is 9.90. The predicted octanol–water partition coefficient (Wildman–Crippen LogP) is 0.0810. The van der Waals surface area contributed by atoms with Crippen molar-refractivity contribution in [3.05, 3.63) is 40.5 Å². The van der Waals surface area contributed by atoms with Gasteiger partial charge >= 0.3 is 0 Å². The molecule has 0 saturated carbocycles. The van der Waals surface area contributed by atoms with E-state index in [0.29, 0.717) is 0 Å². The molecule has 2 aromatic rings. The third kappa shape index (κ3) is 3.52. The van der Waals surface area contributed by atoms with Gasteiger partial charge in [0, 0.05) is 24.7 Å². The van der Waals surface area contributed by atoms with Gasteiger partial charge in [0.1, 0.15) is 0 Å².